The van der Waals surface area contributed by atoms with Crippen LogP contribution < -0.4 is 0 Å². The molecule has 1 atom stereocenters. The van der Waals surface area contributed by atoms with Crippen LogP contribution in [0.1, 0.15) is 20.3 Å². The molecule has 0 saturated carbocycles. The number of hydrogen-bond acceptors (Lipinski definition) is 2. The Morgan fingerprint density at radius 3 is 2.30 bits per heavy atom. The van der Waals surface area contributed by atoms with Gasteiger partial charge >= 0.3 is 0 Å². The average molecular weight is 161 g/mol. The highest BCUT2D eigenvalue weighted by Gasteiger charge is 2.08. The molecule has 0 rings (SSSR count). The highest BCUT2D eigenvalue weighted by Crippen LogP contribution is 2.06. The summed E-state index contributed by atoms with van der Waals surface area (Å²) in [6, 6.07) is 0.778. The van der Waals surface area contributed by atoms with E-state index in [1.165, 1.54) is 18.7 Å². The third-order valence-corrected chi connectivity index (χ3v) is 2.67. The molecule has 0 aromatic rings. The van der Waals surface area contributed by atoms with E-state index < -0.39 is 0 Å². The maximum Gasteiger partial charge on any atom is 0.0180 e. The van der Waals surface area contributed by atoms with Crippen LogP contribution in [0.4, 0.5) is 0 Å². The third-order valence-electron chi connectivity index (χ3n) is 1.95. The fourth-order valence-electron chi connectivity index (χ4n) is 1.01. The predicted octanol–water partition coefficient (Wildman–Crippen LogP) is 2.08. The Kier molecular flexibility index (Phi) is 6.24. The fourth-order valence-corrected chi connectivity index (χ4v) is 1.88. The van der Waals surface area contributed by atoms with Crippen molar-refractivity contribution in [2.75, 3.05) is 25.6 Å². The van der Waals surface area contributed by atoms with E-state index in [-0.39, 0.29) is 0 Å². The van der Waals surface area contributed by atoms with Gasteiger partial charge in [-0.3, -0.25) is 0 Å². The SMILES string of the molecule is CCC(CSC)N(C)CC. The molecule has 1 nitrogen and oxygen atoms in total. The zero-order chi connectivity index (χ0) is 7.98. The Morgan fingerprint density at radius 1 is 1.40 bits per heavy atom. The van der Waals surface area contributed by atoms with Crippen molar-refractivity contribution in [3.8, 4) is 0 Å². The van der Waals surface area contributed by atoms with Crippen LogP contribution in [-0.2, 0) is 0 Å². The molecule has 0 saturated heterocycles. The minimum atomic E-state index is 0.778. The molecule has 0 bridgehead atoms. The van der Waals surface area contributed by atoms with Crippen LogP contribution in [0.5, 0.6) is 0 Å². The maximum absolute atomic E-state index is 2.41. The van der Waals surface area contributed by atoms with Gasteiger partial charge in [0.15, 0.2) is 0 Å². The molecule has 2 heteroatoms. The lowest BCUT2D eigenvalue weighted by atomic mass is 10.2. The molecule has 0 heterocycles. The van der Waals surface area contributed by atoms with Crippen LogP contribution >= 0.6 is 11.8 Å². The quantitative estimate of drug-likeness (QED) is 0.607. The molecule has 0 aliphatic rings. The minimum Gasteiger partial charge on any atom is -0.303 e. The fraction of sp³-hybridized carbons (Fsp3) is 1.00. The topological polar surface area (TPSA) is 3.24 Å². The van der Waals surface area contributed by atoms with Gasteiger partial charge in [0.1, 0.15) is 0 Å². The molecule has 0 amide bonds. The first-order valence-electron chi connectivity index (χ1n) is 3.95. The third kappa shape index (κ3) is 3.47. The second kappa shape index (κ2) is 6.05. The van der Waals surface area contributed by atoms with Crippen LogP contribution in [0.3, 0.4) is 0 Å². The summed E-state index contributed by atoms with van der Waals surface area (Å²) >= 11 is 1.94. The minimum absolute atomic E-state index is 0.778. The summed E-state index contributed by atoms with van der Waals surface area (Å²) in [4.78, 5) is 2.41. The number of rotatable bonds is 5. The van der Waals surface area contributed by atoms with Crippen molar-refractivity contribution in [3.05, 3.63) is 0 Å². The van der Waals surface area contributed by atoms with Crippen molar-refractivity contribution in [1.82, 2.24) is 4.90 Å². The molecule has 0 aromatic heterocycles. The van der Waals surface area contributed by atoms with Gasteiger partial charge in [-0.2, -0.15) is 11.8 Å². The van der Waals surface area contributed by atoms with Crippen molar-refractivity contribution in [3.63, 3.8) is 0 Å². The average Bonchev–Trinajstić information content (AvgIpc) is 1.99. The lowest BCUT2D eigenvalue weighted by Gasteiger charge is -2.24. The number of nitrogens with zero attached hydrogens (tertiary/aromatic N) is 1. The highest BCUT2D eigenvalue weighted by atomic mass is 32.2. The van der Waals surface area contributed by atoms with E-state index in [0.29, 0.717) is 0 Å². The number of hydrogen-bond donors (Lipinski definition) is 0. The van der Waals surface area contributed by atoms with E-state index in [1.54, 1.807) is 0 Å². The van der Waals surface area contributed by atoms with Gasteiger partial charge in [0.2, 0.25) is 0 Å². The summed E-state index contributed by atoms with van der Waals surface area (Å²) in [5.74, 6) is 1.26. The summed E-state index contributed by atoms with van der Waals surface area (Å²) in [6.45, 7) is 5.63. The van der Waals surface area contributed by atoms with Crippen LogP contribution in [0.15, 0.2) is 0 Å². The maximum atomic E-state index is 2.41. The molecule has 1 unspecified atom stereocenters. The molecular weight excluding hydrogens is 142 g/mol. The van der Waals surface area contributed by atoms with E-state index in [0.717, 1.165) is 6.04 Å². The summed E-state index contributed by atoms with van der Waals surface area (Å²) in [5, 5.41) is 0. The van der Waals surface area contributed by atoms with Crippen molar-refractivity contribution in [2.45, 2.75) is 26.3 Å². The largest absolute Gasteiger partial charge is 0.303 e. The molecule has 0 N–H and O–H groups in total. The molecule has 10 heavy (non-hydrogen) atoms. The van der Waals surface area contributed by atoms with Gasteiger partial charge in [-0.1, -0.05) is 13.8 Å². The van der Waals surface area contributed by atoms with Gasteiger partial charge in [-0.25, -0.2) is 0 Å². The van der Waals surface area contributed by atoms with E-state index in [1.807, 2.05) is 11.8 Å². The Morgan fingerprint density at radius 2 is 2.00 bits per heavy atom. The van der Waals surface area contributed by atoms with Crippen molar-refractivity contribution < 1.29 is 0 Å². The van der Waals surface area contributed by atoms with Gasteiger partial charge in [0, 0.05) is 11.8 Å². The second-order valence-electron chi connectivity index (χ2n) is 2.59. The predicted molar refractivity (Wildman–Crippen MR) is 50.8 cm³/mol. The van der Waals surface area contributed by atoms with Gasteiger partial charge in [0.05, 0.1) is 0 Å². The summed E-state index contributed by atoms with van der Waals surface area (Å²) < 4.78 is 0. The van der Waals surface area contributed by atoms with E-state index in [4.69, 9.17) is 0 Å². The van der Waals surface area contributed by atoms with Crippen LogP contribution in [0.25, 0.3) is 0 Å². The van der Waals surface area contributed by atoms with E-state index in [2.05, 4.69) is 32.1 Å². The monoisotopic (exact) mass is 161 g/mol. The Labute approximate surface area is 69.2 Å². The first kappa shape index (κ1) is 10.3. The van der Waals surface area contributed by atoms with Crippen LogP contribution in [-0.4, -0.2) is 36.5 Å². The first-order chi connectivity index (χ1) is 4.76. The van der Waals surface area contributed by atoms with Gasteiger partial charge in [0.25, 0.3) is 0 Å². The molecule has 0 radical (unpaired) electrons. The number of thioether (sulfide) groups is 1. The highest BCUT2D eigenvalue weighted by molar-refractivity contribution is 7.98. The van der Waals surface area contributed by atoms with Gasteiger partial charge in [-0.05, 0) is 26.3 Å². The van der Waals surface area contributed by atoms with E-state index in [9.17, 15) is 0 Å². The van der Waals surface area contributed by atoms with Gasteiger partial charge in [-0.15, -0.1) is 0 Å². The molecule has 0 aliphatic heterocycles. The molecular formula is C8H19NS. The molecule has 0 aromatic carbocycles. The lowest BCUT2D eigenvalue weighted by Crippen LogP contribution is -2.32. The molecule has 62 valence electrons. The van der Waals surface area contributed by atoms with Gasteiger partial charge < -0.3 is 4.90 Å². The lowest BCUT2D eigenvalue weighted by molar-refractivity contribution is 0.269. The van der Waals surface area contributed by atoms with Crippen molar-refractivity contribution in [2.24, 2.45) is 0 Å². The van der Waals surface area contributed by atoms with Crippen molar-refractivity contribution >= 4 is 11.8 Å². The Balaban J connectivity index is 3.56. The summed E-state index contributed by atoms with van der Waals surface area (Å²) in [6.07, 6.45) is 3.44. The normalized spacial score (nSPS) is 14.1. The Bertz CT molecular complexity index is 75.7. The van der Waals surface area contributed by atoms with E-state index >= 15 is 0 Å². The first-order valence-corrected chi connectivity index (χ1v) is 5.34. The standard InChI is InChI=1S/C8H19NS/c1-5-8(7-10-4)9(3)6-2/h8H,5-7H2,1-4H3. The molecule has 0 aliphatic carbocycles. The summed E-state index contributed by atoms with van der Waals surface area (Å²) in [5.41, 5.74) is 0. The van der Waals surface area contributed by atoms with Crippen molar-refractivity contribution in [1.29, 1.82) is 0 Å². The summed E-state index contributed by atoms with van der Waals surface area (Å²) in [7, 11) is 2.20. The van der Waals surface area contributed by atoms with Crippen LogP contribution in [0.2, 0.25) is 0 Å². The zero-order valence-electron chi connectivity index (χ0n) is 7.55. The molecule has 0 fully saturated rings. The second-order valence-corrected chi connectivity index (χ2v) is 3.50. The Hall–Kier alpha value is 0.310. The molecule has 0 spiro atoms. The smallest absolute Gasteiger partial charge is 0.0180 e. The van der Waals surface area contributed by atoms with Crippen LogP contribution in [0, 0.1) is 0 Å². The zero-order valence-corrected chi connectivity index (χ0v) is 8.37.